The molecule has 21 heavy (non-hydrogen) atoms. The lowest BCUT2D eigenvalue weighted by Gasteiger charge is -2.39. The summed E-state index contributed by atoms with van der Waals surface area (Å²) < 4.78 is -0.387. The minimum absolute atomic E-state index is 0.0513. The summed E-state index contributed by atoms with van der Waals surface area (Å²) in [7, 11) is 0. The van der Waals surface area contributed by atoms with Crippen LogP contribution in [0.15, 0.2) is 4.99 Å². The molecule has 1 unspecified atom stereocenters. The van der Waals surface area contributed by atoms with Crippen LogP contribution in [-0.2, 0) is 4.79 Å². The molecule has 2 aliphatic heterocycles. The quantitative estimate of drug-likeness (QED) is 0.736. The zero-order valence-electron chi connectivity index (χ0n) is 14.4. The van der Waals surface area contributed by atoms with Crippen LogP contribution in [0.1, 0.15) is 61.3 Å². The van der Waals surface area contributed by atoms with Gasteiger partial charge >= 0.3 is 0 Å². The maximum absolute atomic E-state index is 12.4. The van der Waals surface area contributed by atoms with Crippen molar-refractivity contribution in [2.75, 3.05) is 0 Å². The molecule has 3 aliphatic rings. The Hall–Kier alpha value is -0.510. The van der Waals surface area contributed by atoms with Crippen LogP contribution in [0.2, 0.25) is 0 Å². The van der Waals surface area contributed by atoms with Gasteiger partial charge in [0.15, 0.2) is 5.17 Å². The molecule has 2 bridgehead atoms. The lowest BCUT2D eigenvalue weighted by Crippen LogP contribution is -2.45. The van der Waals surface area contributed by atoms with Gasteiger partial charge in [-0.15, -0.1) is 0 Å². The molecule has 3 rings (SSSR count). The first-order chi connectivity index (χ1) is 9.55. The van der Waals surface area contributed by atoms with Gasteiger partial charge in [-0.1, -0.05) is 46.4 Å². The number of rotatable bonds is 1. The third-order valence-electron chi connectivity index (χ3n) is 7.16. The van der Waals surface area contributed by atoms with Gasteiger partial charge in [0.1, 0.15) is 4.75 Å². The molecule has 4 atom stereocenters. The molecule has 0 aromatic heterocycles. The second-order valence-corrected chi connectivity index (χ2v) is 9.76. The molecule has 1 amide bonds. The van der Waals surface area contributed by atoms with Gasteiger partial charge in [-0.05, 0) is 43.4 Å². The van der Waals surface area contributed by atoms with Gasteiger partial charge in [-0.25, -0.2) is 0 Å². The van der Waals surface area contributed by atoms with Crippen molar-refractivity contribution in [1.29, 1.82) is 0 Å². The van der Waals surface area contributed by atoms with Crippen molar-refractivity contribution in [3.05, 3.63) is 0 Å². The molecule has 1 saturated heterocycles. The summed E-state index contributed by atoms with van der Waals surface area (Å²) in [4.78, 5) is 19.4. The van der Waals surface area contributed by atoms with Crippen LogP contribution in [-0.4, -0.2) is 32.8 Å². The average Bonchev–Trinajstić information content (AvgIpc) is 2.85. The predicted molar refractivity (Wildman–Crippen MR) is 89.5 cm³/mol. The molecule has 0 spiro atoms. The highest BCUT2D eigenvalue weighted by molar-refractivity contribution is 8.16. The number of fused-ring (bicyclic) bond motifs is 2. The monoisotopic (exact) mass is 308 g/mol. The standard InChI is InChI=1S/C17H28N2OS/c1-10(2)17(7)13(20)18-14(21-17)19-11(3)16(6)9-8-12(19)15(16,4)5/h10-12H,8-9H2,1-7H3/t11-,12+,16+,17?/m1/s1. The number of hydrogen-bond donors (Lipinski definition) is 0. The van der Waals surface area contributed by atoms with Crippen LogP contribution in [0, 0.1) is 16.7 Å². The van der Waals surface area contributed by atoms with Gasteiger partial charge in [-0.3, -0.25) is 4.79 Å². The molecule has 4 heteroatoms. The van der Waals surface area contributed by atoms with E-state index >= 15 is 0 Å². The third kappa shape index (κ3) is 1.68. The smallest absolute Gasteiger partial charge is 0.264 e. The number of nitrogens with zero attached hydrogens (tertiary/aromatic N) is 2. The molecular formula is C17H28N2OS. The number of piperidine rings is 1. The van der Waals surface area contributed by atoms with Crippen LogP contribution in [0.25, 0.3) is 0 Å². The van der Waals surface area contributed by atoms with E-state index in [4.69, 9.17) is 0 Å². The van der Waals surface area contributed by atoms with Crippen LogP contribution in [0.5, 0.6) is 0 Å². The minimum atomic E-state index is -0.387. The van der Waals surface area contributed by atoms with E-state index < -0.39 is 0 Å². The number of amidine groups is 1. The summed E-state index contributed by atoms with van der Waals surface area (Å²) in [6, 6.07) is 0.978. The highest BCUT2D eigenvalue weighted by Gasteiger charge is 2.65. The normalized spacial score (nSPS) is 44.9. The Morgan fingerprint density at radius 3 is 2.33 bits per heavy atom. The molecule has 1 saturated carbocycles. The van der Waals surface area contributed by atoms with Crippen molar-refractivity contribution in [3.8, 4) is 0 Å². The highest BCUT2D eigenvalue weighted by atomic mass is 32.2. The summed E-state index contributed by atoms with van der Waals surface area (Å²) >= 11 is 1.70. The van der Waals surface area contributed by atoms with Gasteiger partial charge in [0, 0.05) is 12.1 Å². The first-order valence-electron chi connectivity index (χ1n) is 8.16. The Labute approximate surface area is 133 Å². The van der Waals surface area contributed by atoms with E-state index in [2.05, 4.69) is 51.4 Å². The van der Waals surface area contributed by atoms with Gasteiger partial charge in [-0.2, -0.15) is 4.99 Å². The highest BCUT2D eigenvalue weighted by Crippen LogP contribution is 2.64. The second kappa shape index (κ2) is 4.27. The first kappa shape index (κ1) is 15.4. The van der Waals surface area contributed by atoms with Crippen molar-refractivity contribution in [1.82, 2.24) is 4.90 Å². The summed E-state index contributed by atoms with van der Waals surface area (Å²) in [6.45, 7) is 15.8. The van der Waals surface area contributed by atoms with E-state index in [1.807, 2.05) is 6.92 Å². The SMILES string of the molecule is CC(C)C1(C)SC(N2[C@H]3CC[C@@](C)([C@H]2C)C3(C)C)=NC1=O. The van der Waals surface area contributed by atoms with Crippen LogP contribution < -0.4 is 0 Å². The molecule has 0 aromatic rings. The molecule has 0 N–H and O–H groups in total. The number of hydrogen-bond acceptors (Lipinski definition) is 3. The van der Waals surface area contributed by atoms with Crippen LogP contribution in [0.4, 0.5) is 0 Å². The van der Waals surface area contributed by atoms with E-state index in [1.54, 1.807) is 11.8 Å². The topological polar surface area (TPSA) is 32.7 Å². The number of likely N-dealkylation sites (tertiary alicyclic amines) is 1. The zero-order chi connectivity index (χ0) is 15.8. The predicted octanol–water partition coefficient (Wildman–Crippen LogP) is 3.93. The summed E-state index contributed by atoms with van der Waals surface area (Å²) in [6.07, 6.45) is 2.51. The third-order valence-corrected chi connectivity index (χ3v) is 8.72. The number of aliphatic imine (C=N–C) groups is 1. The van der Waals surface area contributed by atoms with Crippen LogP contribution in [0.3, 0.4) is 0 Å². The summed E-state index contributed by atoms with van der Waals surface area (Å²) in [5.41, 5.74) is 0.607. The number of carbonyl (C=O) groups excluding carboxylic acids is 1. The van der Waals surface area contributed by atoms with Crippen molar-refractivity contribution in [3.63, 3.8) is 0 Å². The Bertz CT molecular complexity index is 527. The largest absolute Gasteiger partial charge is 0.344 e. The minimum Gasteiger partial charge on any atom is -0.344 e. The Kier molecular flexibility index (Phi) is 3.13. The first-order valence-corrected chi connectivity index (χ1v) is 8.98. The van der Waals surface area contributed by atoms with E-state index in [0.29, 0.717) is 23.4 Å². The number of carbonyl (C=O) groups is 1. The maximum atomic E-state index is 12.4. The summed E-state index contributed by atoms with van der Waals surface area (Å²) in [5, 5.41) is 0.977. The van der Waals surface area contributed by atoms with E-state index in [-0.39, 0.29) is 16.1 Å². The van der Waals surface area contributed by atoms with Gasteiger partial charge in [0.05, 0.1) is 0 Å². The molecule has 118 valence electrons. The average molecular weight is 308 g/mol. The lowest BCUT2D eigenvalue weighted by atomic mass is 9.68. The molecule has 1 aliphatic carbocycles. The zero-order valence-corrected chi connectivity index (χ0v) is 15.2. The summed E-state index contributed by atoms with van der Waals surface area (Å²) in [5.74, 6) is 0.352. The molecule has 0 radical (unpaired) electrons. The van der Waals surface area contributed by atoms with Crippen LogP contribution >= 0.6 is 11.8 Å². The lowest BCUT2D eigenvalue weighted by molar-refractivity contribution is -0.120. The van der Waals surface area contributed by atoms with Crippen molar-refractivity contribution >= 4 is 22.8 Å². The fourth-order valence-corrected chi connectivity index (χ4v) is 5.81. The van der Waals surface area contributed by atoms with Crippen molar-refractivity contribution in [2.45, 2.75) is 78.1 Å². The van der Waals surface area contributed by atoms with Crippen molar-refractivity contribution < 1.29 is 4.79 Å². The maximum Gasteiger partial charge on any atom is 0.264 e. The number of amides is 1. The molecular weight excluding hydrogens is 280 g/mol. The van der Waals surface area contributed by atoms with Gasteiger partial charge in [0.25, 0.3) is 5.91 Å². The van der Waals surface area contributed by atoms with E-state index in [9.17, 15) is 4.79 Å². The van der Waals surface area contributed by atoms with Gasteiger partial charge in [0.2, 0.25) is 0 Å². The van der Waals surface area contributed by atoms with Gasteiger partial charge < -0.3 is 4.90 Å². The Morgan fingerprint density at radius 2 is 1.90 bits per heavy atom. The molecule has 2 fully saturated rings. The molecule has 3 nitrogen and oxygen atoms in total. The number of thioether (sulfide) groups is 1. The van der Waals surface area contributed by atoms with Crippen molar-refractivity contribution in [2.24, 2.45) is 21.7 Å². The fraction of sp³-hybridized carbons (Fsp3) is 0.882. The Morgan fingerprint density at radius 1 is 1.29 bits per heavy atom. The van der Waals surface area contributed by atoms with E-state index in [0.717, 1.165) is 5.17 Å². The van der Waals surface area contributed by atoms with E-state index in [1.165, 1.54) is 12.8 Å². The fourth-order valence-electron chi connectivity index (χ4n) is 4.54. The Balaban J connectivity index is 1.94. The molecule has 0 aromatic carbocycles. The second-order valence-electron chi connectivity index (χ2n) is 8.34. The molecule has 2 heterocycles.